The third-order valence-electron chi connectivity index (χ3n) is 2.15. The van der Waals surface area contributed by atoms with Crippen molar-refractivity contribution in [2.45, 2.75) is 13.3 Å². The van der Waals surface area contributed by atoms with Crippen molar-refractivity contribution in [1.29, 1.82) is 0 Å². The quantitative estimate of drug-likeness (QED) is 0.688. The van der Waals surface area contributed by atoms with Gasteiger partial charge in [0.2, 0.25) is 6.79 Å². The number of benzene rings is 1. The first-order valence-electron chi connectivity index (χ1n) is 4.34. The zero-order valence-electron chi connectivity index (χ0n) is 7.62. The minimum absolute atomic E-state index is 0.362. The molecule has 2 nitrogen and oxygen atoms in total. The molecule has 1 aliphatic rings. The molecule has 0 unspecified atom stereocenters. The summed E-state index contributed by atoms with van der Waals surface area (Å²) in [6, 6.07) is 8.29. The highest BCUT2D eigenvalue weighted by Crippen LogP contribution is 2.16. The number of allylic oxidation sites excluding steroid dienone is 1. The molecule has 0 saturated heterocycles. The first kappa shape index (κ1) is 8.17. The van der Waals surface area contributed by atoms with Gasteiger partial charge in [0.25, 0.3) is 0 Å². The van der Waals surface area contributed by atoms with Crippen molar-refractivity contribution in [2.75, 3.05) is 6.79 Å². The molecule has 1 heterocycles. The zero-order valence-corrected chi connectivity index (χ0v) is 7.62. The molecule has 2 heteroatoms. The molecule has 1 aliphatic heterocycles. The molecular weight excluding hydrogens is 164 g/mol. The van der Waals surface area contributed by atoms with Gasteiger partial charge in [0.15, 0.2) is 0 Å². The van der Waals surface area contributed by atoms with Crippen molar-refractivity contribution in [2.24, 2.45) is 0 Å². The minimum atomic E-state index is 0.362. The molecule has 1 aromatic rings. The van der Waals surface area contributed by atoms with E-state index in [0.717, 1.165) is 12.2 Å². The van der Waals surface area contributed by atoms with E-state index >= 15 is 0 Å². The predicted octanol–water partition coefficient (Wildman–Crippen LogP) is 2.38. The fourth-order valence-electron chi connectivity index (χ4n) is 1.36. The maximum absolute atomic E-state index is 5.25. The lowest BCUT2D eigenvalue weighted by Crippen LogP contribution is -1.93. The minimum Gasteiger partial charge on any atom is -0.462 e. The molecule has 1 aromatic carbocycles. The van der Waals surface area contributed by atoms with Gasteiger partial charge >= 0.3 is 0 Å². The van der Waals surface area contributed by atoms with Crippen LogP contribution in [-0.2, 0) is 15.9 Å². The van der Waals surface area contributed by atoms with E-state index in [0.29, 0.717) is 6.79 Å². The van der Waals surface area contributed by atoms with Crippen molar-refractivity contribution >= 4 is 0 Å². The van der Waals surface area contributed by atoms with Crippen LogP contribution in [0.25, 0.3) is 0 Å². The zero-order chi connectivity index (χ0) is 9.10. The fraction of sp³-hybridized carbons (Fsp3) is 0.273. The van der Waals surface area contributed by atoms with Crippen LogP contribution in [0.3, 0.4) is 0 Å². The topological polar surface area (TPSA) is 18.5 Å². The number of rotatable bonds is 2. The Morgan fingerprint density at radius 2 is 2.15 bits per heavy atom. The van der Waals surface area contributed by atoms with Gasteiger partial charge in [-0.25, -0.2) is 0 Å². The Hall–Kier alpha value is -1.44. The van der Waals surface area contributed by atoms with Crippen LogP contribution in [0.4, 0.5) is 0 Å². The van der Waals surface area contributed by atoms with Crippen molar-refractivity contribution in [3.8, 4) is 0 Å². The Labute approximate surface area is 77.8 Å². The Bertz CT molecular complexity index is 329. The van der Waals surface area contributed by atoms with Crippen LogP contribution < -0.4 is 0 Å². The van der Waals surface area contributed by atoms with Crippen LogP contribution >= 0.6 is 0 Å². The second-order valence-corrected chi connectivity index (χ2v) is 3.12. The lowest BCUT2D eigenvalue weighted by Gasteiger charge is -2.04. The van der Waals surface area contributed by atoms with Crippen molar-refractivity contribution in [1.82, 2.24) is 0 Å². The maximum atomic E-state index is 5.25. The highest BCUT2D eigenvalue weighted by Gasteiger charge is 2.07. The van der Waals surface area contributed by atoms with E-state index in [-0.39, 0.29) is 0 Å². The molecule has 0 N–H and O–H groups in total. The Morgan fingerprint density at radius 3 is 2.85 bits per heavy atom. The highest BCUT2D eigenvalue weighted by molar-refractivity contribution is 5.28. The van der Waals surface area contributed by atoms with Crippen molar-refractivity contribution in [3.05, 3.63) is 47.4 Å². The molecule has 68 valence electrons. The normalized spacial score (nSPS) is 14.7. The number of hydrogen-bond donors (Lipinski definition) is 0. The Balaban J connectivity index is 2.13. The van der Waals surface area contributed by atoms with E-state index in [1.165, 1.54) is 11.1 Å². The van der Waals surface area contributed by atoms with Crippen LogP contribution in [0, 0.1) is 6.92 Å². The summed E-state index contributed by atoms with van der Waals surface area (Å²) in [4.78, 5) is 0. The van der Waals surface area contributed by atoms with Gasteiger partial charge in [0.05, 0.1) is 0 Å². The maximum Gasteiger partial charge on any atom is 0.229 e. The van der Waals surface area contributed by atoms with Gasteiger partial charge in [-0.05, 0) is 18.1 Å². The Kier molecular flexibility index (Phi) is 2.21. The van der Waals surface area contributed by atoms with Crippen LogP contribution in [-0.4, -0.2) is 6.79 Å². The largest absolute Gasteiger partial charge is 0.462 e. The monoisotopic (exact) mass is 176 g/mol. The highest BCUT2D eigenvalue weighted by atomic mass is 16.7. The SMILES string of the molecule is Cc1ccccc1CC1=COCO1. The molecule has 2 rings (SSSR count). The Morgan fingerprint density at radius 1 is 1.31 bits per heavy atom. The average molecular weight is 176 g/mol. The molecule has 0 atom stereocenters. The van der Waals surface area contributed by atoms with Crippen molar-refractivity contribution in [3.63, 3.8) is 0 Å². The number of aryl methyl sites for hydroxylation is 1. The average Bonchev–Trinajstić information content (AvgIpc) is 2.61. The van der Waals surface area contributed by atoms with Gasteiger partial charge in [-0.1, -0.05) is 24.3 Å². The molecule has 13 heavy (non-hydrogen) atoms. The first-order chi connectivity index (χ1) is 6.36. The van der Waals surface area contributed by atoms with Gasteiger partial charge in [-0.3, -0.25) is 0 Å². The van der Waals surface area contributed by atoms with Gasteiger partial charge < -0.3 is 9.47 Å². The summed E-state index contributed by atoms with van der Waals surface area (Å²) in [5.41, 5.74) is 2.58. The lowest BCUT2D eigenvalue weighted by molar-refractivity contribution is 0.0790. The number of hydrogen-bond acceptors (Lipinski definition) is 2. The molecule has 0 bridgehead atoms. The third kappa shape index (κ3) is 1.83. The standard InChI is InChI=1S/C11H12O2/c1-9-4-2-3-5-10(9)6-11-7-12-8-13-11/h2-5,7H,6,8H2,1H3. The number of ether oxygens (including phenoxy) is 2. The first-order valence-corrected chi connectivity index (χ1v) is 4.34. The summed E-state index contributed by atoms with van der Waals surface area (Å²) >= 11 is 0. The van der Waals surface area contributed by atoms with Gasteiger partial charge in [-0.2, -0.15) is 0 Å². The molecule has 0 saturated carbocycles. The van der Waals surface area contributed by atoms with Crippen LogP contribution in [0.1, 0.15) is 11.1 Å². The van der Waals surface area contributed by atoms with Crippen LogP contribution in [0.2, 0.25) is 0 Å². The van der Waals surface area contributed by atoms with E-state index in [9.17, 15) is 0 Å². The third-order valence-corrected chi connectivity index (χ3v) is 2.15. The smallest absolute Gasteiger partial charge is 0.229 e. The summed E-state index contributed by atoms with van der Waals surface area (Å²) in [6.07, 6.45) is 2.51. The van der Waals surface area contributed by atoms with E-state index in [4.69, 9.17) is 9.47 Å². The summed E-state index contributed by atoms with van der Waals surface area (Å²) < 4.78 is 10.2. The second-order valence-electron chi connectivity index (χ2n) is 3.12. The van der Waals surface area contributed by atoms with Gasteiger partial charge in [-0.15, -0.1) is 0 Å². The van der Waals surface area contributed by atoms with Crippen LogP contribution in [0.5, 0.6) is 0 Å². The second kappa shape index (κ2) is 3.52. The summed E-state index contributed by atoms with van der Waals surface area (Å²) in [5, 5.41) is 0. The van der Waals surface area contributed by atoms with Gasteiger partial charge in [0, 0.05) is 6.42 Å². The van der Waals surface area contributed by atoms with Gasteiger partial charge in [0.1, 0.15) is 12.0 Å². The van der Waals surface area contributed by atoms with E-state index in [1.54, 1.807) is 6.26 Å². The van der Waals surface area contributed by atoms with E-state index in [1.807, 2.05) is 12.1 Å². The van der Waals surface area contributed by atoms with E-state index in [2.05, 4.69) is 19.1 Å². The molecule has 0 aliphatic carbocycles. The lowest BCUT2D eigenvalue weighted by atomic mass is 10.1. The van der Waals surface area contributed by atoms with E-state index < -0.39 is 0 Å². The molecule has 0 amide bonds. The molecular formula is C11H12O2. The summed E-state index contributed by atoms with van der Waals surface area (Å²) in [7, 11) is 0. The van der Waals surface area contributed by atoms with Crippen LogP contribution in [0.15, 0.2) is 36.3 Å². The molecule has 0 fully saturated rings. The molecule has 0 aromatic heterocycles. The summed E-state index contributed by atoms with van der Waals surface area (Å²) in [5.74, 6) is 0.911. The fourth-order valence-corrected chi connectivity index (χ4v) is 1.36. The predicted molar refractivity (Wildman–Crippen MR) is 50.0 cm³/mol. The molecule has 0 radical (unpaired) electrons. The summed E-state index contributed by atoms with van der Waals surface area (Å²) in [6.45, 7) is 2.47. The van der Waals surface area contributed by atoms with Crippen molar-refractivity contribution < 1.29 is 9.47 Å². The molecule has 0 spiro atoms.